The fourth-order valence-corrected chi connectivity index (χ4v) is 3.00. The van der Waals surface area contributed by atoms with Crippen LogP contribution in [0, 0.1) is 26.2 Å². The van der Waals surface area contributed by atoms with Crippen molar-refractivity contribution in [3.05, 3.63) is 73.5 Å². The van der Waals surface area contributed by atoms with Crippen molar-refractivity contribution in [3.8, 4) is 21.0 Å². The van der Waals surface area contributed by atoms with E-state index >= 15 is 0 Å². The van der Waals surface area contributed by atoms with Gasteiger partial charge in [-0.3, -0.25) is 0 Å². The summed E-state index contributed by atoms with van der Waals surface area (Å²) in [7, 11) is 0. The third-order valence-corrected chi connectivity index (χ3v) is 4.12. The number of hydrogen-bond donors (Lipinski definition) is 0. The van der Waals surface area contributed by atoms with Crippen LogP contribution in [0.15, 0.2) is 48.5 Å². The molecule has 0 saturated heterocycles. The minimum Gasteiger partial charge on any atom is -0.358 e. The Bertz CT molecular complexity index is 693. The summed E-state index contributed by atoms with van der Waals surface area (Å²) in [6.07, 6.45) is 0. The first-order valence-corrected chi connectivity index (χ1v) is 6.75. The number of benzene rings is 2. The standard InChI is InChI=1S/C16H11FNS.CH3.Cs/c1-11-15(12-7-9-14(17)10-8-12)19-16(18-11)13-5-3-2-4-6-13;;/h3-10H,1H3;1H3;/q2*-1;+1. The van der Waals surface area contributed by atoms with E-state index in [1.807, 2.05) is 31.2 Å². The Morgan fingerprint density at radius 3 is 2.24 bits per heavy atom. The second kappa shape index (κ2) is 8.62. The predicted molar refractivity (Wildman–Crippen MR) is 82.9 cm³/mol. The minimum absolute atomic E-state index is 0. The van der Waals surface area contributed by atoms with Gasteiger partial charge < -0.3 is 7.43 Å². The Hall–Kier alpha value is 0.0519. The second-order valence-corrected chi connectivity index (χ2v) is 5.23. The number of rotatable bonds is 2. The number of halogens is 1. The van der Waals surface area contributed by atoms with Crippen LogP contribution in [-0.4, -0.2) is 4.98 Å². The summed E-state index contributed by atoms with van der Waals surface area (Å²) in [5.41, 5.74) is 3.06. The quantitative estimate of drug-likeness (QED) is 0.584. The molecule has 0 N–H and O–H groups in total. The largest absolute Gasteiger partial charge is 1.00 e. The molecule has 3 rings (SSSR count). The number of nitrogens with zero attached hydrogens (tertiary/aromatic N) is 1. The van der Waals surface area contributed by atoms with Crippen LogP contribution in [0.3, 0.4) is 0 Å². The van der Waals surface area contributed by atoms with E-state index in [2.05, 4.69) is 11.1 Å². The minimum atomic E-state index is -0.218. The summed E-state index contributed by atoms with van der Waals surface area (Å²) >= 11 is 1.62. The van der Waals surface area contributed by atoms with E-state index in [4.69, 9.17) is 0 Å². The molecule has 0 unspecified atom stereocenters. The molecule has 0 fully saturated rings. The second-order valence-electron chi connectivity index (χ2n) is 4.23. The van der Waals surface area contributed by atoms with Crippen molar-refractivity contribution < 1.29 is 73.3 Å². The zero-order valence-electron chi connectivity index (χ0n) is 12.4. The summed E-state index contributed by atoms with van der Waals surface area (Å²) in [5, 5.41) is 0.978. The number of aromatic nitrogens is 1. The van der Waals surface area contributed by atoms with Gasteiger partial charge >= 0.3 is 68.9 Å². The average Bonchev–Trinajstić information content (AvgIpc) is 2.83. The molecule has 1 aromatic heterocycles. The van der Waals surface area contributed by atoms with E-state index < -0.39 is 0 Å². The molecule has 21 heavy (non-hydrogen) atoms. The molecule has 1 heterocycles. The Labute approximate surface area is 188 Å². The van der Waals surface area contributed by atoms with Gasteiger partial charge in [-0.2, -0.15) is 30.3 Å². The monoisotopic (exact) mass is 416 g/mol. The fourth-order valence-electron chi connectivity index (χ4n) is 1.92. The van der Waals surface area contributed by atoms with E-state index in [1.165, 1.54) is 12.1 Å². The molecule has 0 spiro atoms. The molecule has 0 aliphatic carbocycles. The van der Waals surface area contributed by atoms with E-state index in [-0.39, 0.29) is 82.1 Å². The molecule has 0 radical (unpaired) electrons. The average molecular weight is 416 g/mol. The van der Waals surface area contributed by atoms with E-state index in [0.29, 0.717) is 0 Å². The topological polar surface area (TPSA) is 12.9 Å². The Balaban J connectivity index is 0.00000110. The smallest absolute Gasteiger partial charge is 0.358 e. The molecular weight excluding hydrogens is 402 g/mol. The molecule has 0 aliphatic rings. The van der Waals surface area contributed by atoms with E-state index in [1.54, 1.807) is 23.5 Å². The van der Waals surface area contributed by atoms with Gasteiger partial charge in [0.25, 0.3) is 0 Å². The first-order valence-electron chi connectivity index (χ1n) is 5.94. The molecule has 0 amide bonds. The van der Waals surface area contributed by atoms with Crippen LogP contribution in [0.2, 0.25) is 0 Å². The molecule has 102 valence electrons. The van der Waals surface area contributed by atoms with Crippen molar-refractivity contribution in [2.24, 2.45) is 0 Å². The van der Waals surface area contributed by atoms with Crippen molar-refractivity contribution in [2.45, 2.75) is 6.92 Å². The zero-order valence-corrected chi connectivity index (χ0v) is 19.4. The summed E-state index contributed by atoms with van der Waals surface area (Å²) in [4.78, 5) is 5.68. The fraction of sp³-hybridized carbons (Fsp3) is 0.0588. The molecule has 0 saturated carbocycles. The molecule has 4 heteroatoms. The van der Waals surface area contributed by atoms with E-state index in [0.717, 1.165) is 26.7 Å². The molecule has 0 atom stereocenters. The van der Waals surface area contributed by atoms with E-state index in [9.17, 15) is 4.39 Å². The van der Waals surface area contributed by atoms with Crippen LogP contribution in [0.1, 0.15) is 5.69 Å². The van der Waals surface area contributed by atoms with Crippen LogP contribution in [-0.2, 0) is 0 Å². The van der Waals surface area contributed by atoms with Gasteiger partial charge in [-0.25, -0.2) is 9.37 Å². The first kappa shape index (κ1) is 19.1. The summed E-state index contributed by atoms with van der Waals surface area (Å²) in [5.74, 6) is -0.218. The first-order chi connectivity index (χ1) is 9.24. The normalized spacial score (nSPS) is 9.62. The van der Waals surface area contributed by atoms with Gasteiger partial charge in [-0.15, -0.1) is 11.3 Å². The number of hydrogen-bond acceptors (Lipinski definition) is 2. The van der Waals surface area contributed by atoms with Crippen molar-refractivity contribution in [3.63, 3.8) is 0 Å². The molecule has 3 aromatic rings. The van der Waals surface area contributed by atoms with Gasteiger partial charge in [0.2, 0.25) is 0 Å². The van der Waals surface area contributed by atoms with Gasteiger partial charge in [0.15, 0.2) is 0 Å². The van der Waals surface area contributed by atoms with Crippen molar-refractivity contribution in [1.82, 2.24) is 4.98 Å². The van der Waals surface area contributed by atoms with Gasteiger partial charge in [0.05, 0.1) is 15.6 Å². The van der Waals surface area contributed by atoms with Crippen molar-refractivity contribution in [2.75, 3.05) is 0 Å². The number of thiazole rings is 1. The molecule has 2 aromatic carbocycles. The Kier molecular flexibility index (Phi) is 7.84. The molecule has 0 bridgehead atoms. The number of aryl methyl sites for hydroxylation is 1. The van der Waals surface area contributed by atoms with Gasteiger partial charge in [0, 0.05) is 0 Å². The summed E-state index contributed by atoms with van der Waals surface area (Å²) in [6, 6.07) is 17.3. The van der Waals surface area contributed by atoms with Crippen LogP contribution >= 0.6 is 11.3 Å². The van der Waals surface area contributed by atoms with Crippen molar-refractivity contribution in [1.29, 1.82) is 0 Å². The van der Waals surface area contributed by atoms with Gasteiger partial charge in [0.1, 0.15) is 5.82 Å². The third kappa shape index (κ3) is 4.51. The molecular formula is C17H14CsFNS-. The third-order valence-electron chi connectivity index (χ3n) is 2.87. The zero-order chi connectivity index (χ0) is 13.2. The summed E-state index contributed by atoms with van der Waals surface area (Å²) in [6.45, 7) is 1.98. The molecule has 1 nitrogen and oxygen atoms in total. The van der Waals surface area contributed by atoms with Crippen molar-refractivity contribution >= 4 is 11.3 Å². The van der Waals surface area contributed by atoms with Gasteiger partial charge in [-0.1, -0.05) is 17.7 Å². The van der Waals surface area contributed by atoms with Crippen LogP contribution in [0.25, 0.3) is 21.0 Å². The predicted octanol–water partition coefficient (Wildman–Crippen LogP) is 2.18. The molecule has 0 aliphatic heterocycles. The van der Waals surface area contributed by atoms with Crippen LogP contribution in [0.4, 0.5) is 4.39 Å². The van der Waals surface area contributed by atoms with Gasteiger partial charge in [-0.05, 0) is 24.6 Å². The maximum absolute atomic E-state index is 13.0. The Morgan fingerprint density at radius 2 is 1.62 bits per heavy atom. The maximum atomic E-state index is 13.0. The SMILES string of the molecule is Cc1nc(-c2cc[c-]cc2)sc1-c1ccc(F)cc1.[CH3-].[Cs+]. The van der Waals surface area contributed by atoms with Crippen LogP contribution < -0.4 is 68.9 Å². The summed E-state index contributed by atoms with van der Waals surface area (Å²) < 4.78 is 13.0. The van der Waals surface area contributed by atoms with Crippen LogP contribution in [0.5, 0.6) is 0 Å². The Morgan fingerprint density at radius 1 is 1.00 bits per heavy atom. The maximum Gasteiger partial charge on any atom is 1.00 e.